The molecule has 8 heteroatoms. The number of carboxylic acids is 1. The highest BCUT2D eigenvalue weighted by molar-refractivity contribution is 5.98. The van der Waals surface area contributed by atoms with Crippen molar-refractivity contribution in [2.24, 2.45) is 0 Å². The van der Waals surface area contributed by atoms with E-state index in [-0.39, 0.29) is 18.4 Å². The van der Waals surface area contributed by atoms with Crippen LogP contribution >= 0.6 is 0 Å². The number of piperazine rings is 1. The van der Waals surface area contributed by atoms with Gasteiger partial charge in [-0.25, -0.2) is 0 Å². The van der Waals surface area contributed by atoms with Gasteiger partial charge in [0.15, 0.2) is 0 Å². The first-order chi connectivity index (χ1) is 12.4. The molecule has 2 aliphatic rings. The van der Waals surface area contributed by atoms with Gasteiger partial charge >= 0.3 is 0 Å². The summed E-state index contributed by atoms with van der Waals surface area (Å²) < 4.78 is 5.15. The minimum absolute atomic E-state index is 0.0164. The molecule has 8 nitrogen and oxygen atoms in total. The summed E-state index contributed by atoms with van der Waals surface area (Å²) in [5, 5.41) is 13.4. The van der Waals surface area contributed by atoms with E-state index in [1.807, 2.05) is 24.3 Å². The van der Waals surface area contributed by atoms with E-state index in [2.05, 4.69) is 10.6 Å². The maximum Gasteiger partial charge on any atom is 0.300 e. The Bertz CT molecular complexity index is 649. The molecule has 1 aromatic rings. The Morgan fingerprint density at radius 1 is 1.23 bits per heavy atom. The van der Waals surface area contributed by atoms with Crippen LogP contribution in [0.1, 0.15) is 25.3 Å². The number of methoxy groups -OCH3 is 1. The molecule has 0 saturated carbocycles. The largest absolute Gasteiger partial charge is 0.497 e. The Kier molecular flexibility index (Phi) is 6.57. The first-order valence-corrected chi connectivity index (χ1v) is 8.51. The summed E-state index contributed by atoms with van der Waals surface area (Å²) in [6.45, 7) is 3.13. The van der Waals surface area contributed by atoms with Gasteiger partial charge in [-0.3, -0.25) is 14.4 Å². The molecule has 1 aromatic carbocycles. The van der Waals surface area contributed by atoms with Gasteiger partial charge in [0.2, 0.25) is 11.8 Å². The predicted octanol–water partition coefficient (Wildman–Crippen LogP) is 0.367. The quantitative estimate of drug-likeness (QED) is 0.716. The van der Waals surface area contributed by atoms with E-state index in [4.69, 9.17) is 14.6 Å². The molecule has 0 aliphatic carbocycles. The van der Waals surface area contributed by atoms with Gasteiger partial charge in [-0.2, -0.15) is 0 Å². The first kappa shape index (κ1) is 19.7. The second kappa shape index (κ2) is 8.66. The van der Waals surface area contributed by atoms with Crippen LogP contribution in [0, 0.1) is 0 Å². The summed E-state index contributed by atoms with van der Waals surface area (Å²) in [5.74, 6) is -0.0949. The number of hydrogen-bond donors (Lipinski definition) is 3. The zero-order valence-electron chi connectivity index (χ0n) is 15.1. The van der Waals surface area contributed by atoms with Crippen molar-refractivity contribution in [3.63, 3.8) is 0 Å². The van der Waals surface area contributed by atoms with Crippen molar-refractivity contribution in [1.82, 2.24) is 15.5 Å². The molecule has 0 bridgehead atoms. The molecule has 2 fully saturated rings. The number of nitrogens with zero attached hydrogens (tertiary/aromatic N) is 1. The maximum absolute atomic E-state index is 12.5. The molecule has 2 heterocycles. The van der Waals surface area contributed by atoms with E-state index in [0.717, 1.165) is 31.3 Å². The van der Waals surface area contributed by atoms with Gasteiger partial charge in [-0.1, -0.05) is 12.1 Å². The Morgan fingerprint density at radius 2 is 1.81 bits per heavy atom. The predicted molar refractivity (Wildman–Crippen MR) is 94.7 cm³/mol. The van der Waals surface area contributed by atoms with Crippen LogP contribution in [0.2, 0.25) is 0 Å². The summed E-state index contributed by atoms with van der Waals surface area (Å²) >= 11 is 0. The third-order valence-electron chi connectivity index (χ3n) is 4.57. The fraction of sp³-hybridized carbons (Fsp3) is 0.500. The first-order valence-electron chi connectivity index (χ1n) is 8.51. The number of carbonyl (C=O) groups is 3. The van der Waals surface area contributed by atoms with Crippen molar-refractivity contribution in [1.29, 1.82) is 0 Å². The average molecular weight is 363 g/mol. The highest BCUT2D eigenvalue weighted by Crippen LogP contribution is 2.31. The molecule has 26 heavy (non-hydrogen) atoms. The molecule has 0 radical (unpaired) electrons. The molecule has 142 valence electrons. The van der Waals surface area contributed by atoms with Crippen LogP contribution in [-0.2, 0) is 20.9 Å². The zero-order valence-corrected chi connectivity index (χ0v) is 15.1. The topological polar surface area (TPSA) is 108 Å². The number of piperidine rings is 1. The molecule has 2 saturated heterocycles. The second-order valence-corrected chi connectivity index (χ2v) is 6.31. The number of benzene rings is 1. The van der Waals surface area contributed by atoms with Gasteiger partial charge in [0.1, 0.15) is 11.3 Å². The number of rotatable bonds is 3. The lowest BCUT2D eigenvalue weighted by Gasteiger charge is -2.48. The van der Waals surface area contributed by atoms with Gasteiger partial charge in [0.25, 0.3) is 5.97 Å². The van der Waals surface area contributed by atoms with Crippen molar-refractivity contribution in [2.75, 3.05) is 26.7 Å². The van der Waals surface area contributed by atoms with Gasteiger partial charge in [0, 0.05) is 13.5 Å². The standard InChI is InChI=1S/C16H21N3O3.C2H4O2/c1-22-13-4-2-12(3-5-13)11-19-14(20)10-18-15(21)16(19)6-8-17-9-7-16;1-2(3)4/h2-5,17H,6-11H2,1H3,(H,18,21);1H3,(H,3,4). The van der Waals surface area contributed by atoms with E-state index in [0.29, 0.717) is 19.4 Å². The van der Waals surface area contributed by atoms with E-state index >= 15 is 0 Å². The molecular formula is C18H25N3O5. The molecule has 1 spiro atoms. The van der Waals surface area contributed by atoms with Gasteiger partial charge in [-0.15, -0.1) is 0 Å². The molecule has 0 atom stereocenters. The van der Waals surface area contributed by atoms with Crippen LogP contribution in [-0.4, -0.2) is 60.1 Å². The summed E-state index contributed by atoms with van der Waals surface area (Å²) in [6.07, 6.45) is 1.31. The van der Waals surface area contributed by atoms with Crippen LogP contribution < -0.4 is 15.4 Å². The van der Waals surface area contributed by atoms with E-state index in [9.17, 15) is 9.59 Å². The van der Waals surface area contributed by atoms with Crippen molar-refractivity contribution < 1.29 is 24.2 Å². The fourth-order valence-corrected chi connectivity index (χ4v) is 3.27. The Balaban J connectivity index is 0.000000552. The third-order valence-corrected chi connectivity index (χ3v) is 4.57. The number of aliphatic carboxylic acids is 1. The third kappa shape index (κ3) is 4.51. The average Bonchev–Trinajstić information content (AvgIpc) is 2.63. The Labute approximate surface area is 152 Å². The van der Waals surface area contributed by atoms with Gasteiger partial charge in [-0.05, 0) is 43.6 Å². The van der Waals surface area contributed by atoms with Crippen LogP contribution in [0.5, 0.6) is 5.75 Å². The molecule has 2 aliphatic heterocycles. The minimum atomic E-state index is -0.833. The second-order valence-electron chi connectivity index (χ2n) is 6.31. The molecule has 2 amide bonds. The lowest BCUT2D eigenvalue weighted by atomic mass is 9.83. The van der Waals surface area contributed by atoms with Gasteiger partial charge in [0.05, 0.1) is 13.7 Å². The minimum Gasteiger partial charge on any atom is -0.497 e. The number of hydrogen-bond acceptors (Lipinski definition) is 5. The monoisotopic (exact) mass is 363 g/mol. The highest BCUT2D eigenvalue weighted by Gasteiger charge is 2.49. The highest BCUT2D eigenvalue weighted by atomic mass is 16.5. The molecule has 3 rings (SSSR count). The van der Waals surface area contributed by atoms with Crippen LogP contribution in [0.25, 0.3) is 0 Å². The number of carbonyl (C=O) groups excluding carboxylic acids is 2. The Morgan fingerprint density at radius 3 is 2.35 bits per heavy atom. The summed E-state index contributed by atoms with van der Waals surface area (Å²) in [6, 6.07) is 7.62. The van der Waals surface area contributed by atoms with Gasteiger partial charge < -0.3 is 25.4 Å². The SMILES string of the molecule is CC(=O)O.COc1ccc(CN2C(=O)CNC(=O)C23CCNCC3)cc1. The smallest absolute Gasteiger partial charge is 0.300 e. The summed E-state index contributed by atoms with van der Waals surface area (Å²) in [5.41, 5.74) is 0.294. The van der Waals surface area contributed by atoms with Crippen molar-refractivity contribution in [2.45, 2.75) is 31.8 Å². The van der Waals surface area contributed by atoms with Crippen LogP contribution in [0.15, 0.2) is 24.3 Å². The molecule has 0 unspecified atom stereocenters. The normalized spacial score (nSPS) is 18.6. The van der Waals surface area contributed by atoms with E-state index in [1.54, 1.807) is 12.0 Å². The Hall–Kier alpha value is -2.61. The van der Waals surface area contributed by atoms with Crippen molar-refractivity contribution in [3.8, 4) is 5.75 Å². The number of ether oxygens (including phenoxy) is 1. The zero-order chi connectivity index (χ0) is 19.2. The number of carboxylic acid groups (broad SMARTS) is 1. The molecule has 3 N–H and O–H groups in total. The van der Waals surface area contributed by atoms with Crippen molar-refractivity contribution >= 4 is 17.8 Å². The fourth-order valence-electron chi connectivity index (χ4n) is 3.27. The number of nitrogens with one attached hydrogen (secondary N) is 2. The lowest BCUT2D eigenvalue weighted by Crippen LogP contribution is -2.69. The maximum atomic E-state index is 12.5. The molecule has 0 aromatic heterocycles. The summed E-state index contributed by atoms with van der Waals surface area (Å²) in [7, 11) is 1.62. The summed E-state index contributed by atoms with van der Waals surface area (Å²) in [4.78, 5) is 35.6. The molecular weight excluding hydrogens is 338 g/mol. The lowest BCUT2D eigenvalue weighted by molar-refractivity contribution is -0.156. The van der Waals surface area contributed by atoms with Crippen LogP contribution in [0.4, 0.5) is 0 Å². The van der Waals surface area contributed by atoms with Crippen molar-refractivity contribution in [3.05, 3.63) is 29.8 Å². The van der Waals surface area contributed by atoms with Crippen LogP contribution in [0.3, 0.4) is 0 Å². The number of amides is 2. The van der Waals surface area contributed by atoms with E-state index < -0.39 is 11.5 Å². The van der Waals surface area contributed by atoms with E-state index in [1.165, 1.54) is 0 Å².